The van der Waals surface area contributed by atoms with Crippen molar-refractivity contribution in [1.29, 1.82) is 0 Å². The van der Waals surface area contributed by atoms with Crippen molar-refractivity contribution in [2.45, 2.75) is 20.1 Å². The molecule has 0 N–H and O–H groups in total. The molecule has 0 aromatic heterocycles. The number of rotatable bonds is 5. The van der Waals surface area contributed by atoms with Crippen molar-refractivity contribution in [1.82, 2.24) is 0 Å². The Hall–Kier alpha value is -1.93. The fraction of sp³-hybridized carbons (Fsp3) is 0.188. The maximum Gasteiger partial charge on any atom is 0.150 e. The number of carbonyl (C=O) groups is 1. The molecule has 0 amide bonds. The highest BCUT2D eigenvalue weighted by Crippen LogP contribution is 2.11. The molecule has 2 rings (SSSR count). The molecule has 0 saturated heterocycles. The Balaban J connectivity index is 1.92. The molecule has 2 nitrogen and oxygen atoms in total. The Labute approximate surface area is 107 Å². The normalized spacial score (nSPS) is 10.3. The number of ether oxygens (including phenoxy) is 1. The first-order valence-electron chi connectivity index (χ1n) is 5.96. The van der Waals surface area contributed by atoms with Crippen LogP contribution in [0.5, 0.6) is 0 Å². The predicted octanol–water partition coefficient (Wildman–Crippen LogP) is 3.52. The lowest BCUT2D eigenvalue weighted by molar-refractivity contribution is 0.106. The molecule has 2 aromatic rings. The van der Waals surface area contributed by atoms with Gasteiger partial charge in [-0.05, 0) is 29.7 Å². The van der Waals surface area contributed by atoms with E-state index in [1.807, 2.05) is 30.3 Å². The van der Waals surface area contributed by atoms with Crippen molar-refractivity contribution in [3.05, 3.63) is 70.8 Å². The van der Waals surface area contributed by atoms with Crippen molar-refractivity contribution >= 4 is 6.29 Å². The zero-order valence-corrected chi connectivity index (χ0v) is 10.4. The van der Waals surface area contributed by atoms with E-state index in [-0.39, 0.29) is 0 Å². The number of hydrogen-bond donors (Lipinski definition) is 0. The molecule has 2 aromatic carbocycles. The first-order valence-corrected chi connectivity index (χ1v) is 5.96. The molecule has 0 aliphatic carbocycles. The van der Waals surface area contributed by atoms with Crippen LogP contribution in [0.4, 0.5) is 0 Å². The van der Waals surface area contributed by atoms with Crippen molar-refractivity contribution < 1.29 is 9.53 Å². The van der Waals surface area contributed by atoms with E-state index in [9.17, 15) is 4.79 Å². The van der Waals surface area contributed by atoms with E-state index >= 15 is 0 Å². The van der Waals surface area contributed by atoms with Gasteiger partial charge in [-0.2, -0.15) is 0 Å². The van der Waals surface area contributed by atoms with Crippen LogP contribution in [0.3, 0.4) is 0 Å². The molecule has 0 fully saturated rings. The van der Waals surface area contributed by atoms with Gasteiger partial charge in [0.1, 0.15) is 6.29 Å². The van der Waals surface area contributed by atoms with Crippen LogP contribution in [0.2, 0.25) is 0 Å². The number of carbonyl (C=O) groups excluding carboxylic acids is 1. The maximum absolute atomic E-state index is 10.7. The lowest BCUT2D eigenvalue weighted by atomic mass is 10.1. The molecular formula is C16H16O2. The van der Waals surface area contributed by atoms with Gasteiger partial charge in [0.25, 0.3) is 0 Å². The Bertz CT molecular complexity index is 532. The Morgan fingerprint density at radius 2 is 1.89 bits per heavy atom. The molecule has 0 bridgehead atoms. The van der Waals surface area contributed by atoms with E-state index in [0.29, 0.717) is 18.8 Å². The van der Waals surface area contributed by atoms with E-state index < -0.39 is 0 Å². The summed E-state index contributed by atoms with van der Waals surface area (Å²) >= 11 is 0. The van der Waals surface area contributed by atoms with Gasteiger partial charge in [0.2, 0.25) is 0 Å². The largest absolute Gasteiger partial charge is 0.372 e. The van der Waals surface area contributed by atoms with Gasteiger partial charge in [0, 0.05) is 5.56 Å². The topological polar surface area (TPSA) is 26.3 Å². The zero-order chi connectivity index (χ0) is 12.8. The molecule has 0 aliphatic heterocycles. The minimum atomic E-state index is 0.524. The molecule has 0 atom stereocenters. The fourth-order valence-corrected chi connectivity index (χ4v) is 1.81. The van der Waals surface area contributed by atoms with Gasteiger partial charge in [-0.3, -0.25) is 4.79 Å². The Morgan fingerprint density at radius 3 is 2.67 bits per heavy atom. The zero-order valence-electron chi connectivity index (χ0n) is 10.4. The second-order valence-corrected chi connectivity index (χ2v) is 4.28. The third kappa shape index (κ3) is 3.28. The quantitative estimate of drug-likeness (QED) is 0.747. The SMILES string of the molecule is Cc1ccccc1COCc1cccc(C=O)c1. The summed E-state index contributed by atoms with van der Waals surface area (Å²) in [7, 11) is 0. The third-order valence-electron chi connectivity index (χ3n) is 2.87. The summed E-state index contributed by atoms with van der Waals surface area (Å²) in [5, 5.41) is 0. The number of aryl methyl sites for hydroxylation is 1. The second kappa shape index (κ2) is 6.12. The van der Waals surface area contributed by atoms with Crippen molar-refractivity contribution in [2.75, 3.05) is 0 Å². The lowest BCUT2D eigenvalue weighted by Crippen LogP contribution is -1.96. The molecule has 18 heavy (non-hydrogen) atoms. The van der Waals surface area contributed by atoms with Crippen molar-refractivity contribution in [3.8, 4) is 0 Å². The van der Waals surface area contributed by atoms with Gasteiger partial charge in [-0.25, -0.2) is 0 Å². The van der Waals surface area contributed by atoms with Crippen LogP contribution in [-0.4, -0.2) is 6.29 Å². The van der Waals surface area contributed by atoms with Crippen LogP contribution >= 0.6 is 0 Å². The fourth-order valence-electron chi connectivity index (χ4n) is 1.81. The van der Waals surface area contributed by atoms with Gasteiger partial charge in [0.15, 0.2) is 0 Å². The molecule has 0 unspecified atom stereocenters. The summed E-state index contributed by atoms with van der Waals surface area (Å²) < 4.78 is 5.67. The minimum absolute atomic E-state index is 0.524. The van der Waals surface area contributed by atoms with Gasteiger partial charge < -0.3 is 4.74 Å². The average molecular weight is 240 g/mol. The Kier molecular flexibility index (Phi) is 4.26. The van der Waals surface area contributed by atoms with E-state index in [1.165, 1.54) is 11.1 Å². The Morgan fingerprint density at radius 1 is 1.06 bits per heavy atom. The molecular weight excluding hydrogens is 224 g/mol. The van der Waals surface area contributed by atoms with Gasteiger partial charge in [0.05, 0.1) is 13.2 Å². The molecule has 0 saturated carbocycles. The van der Waals surface area contributed by atoms with Crippen LogP contribution in [0.15, 0.2) is 48.5 Å². The second-order valence-electron chi connectivity index (χ2n) is 4.28. The highest BCUT2D eigenvalue weighted by Gasteiger charge is 1.99. The van der Waals surface area contributed by atoms with Gasteiger partial charge in [-0.15, -0.1) is 0 Å². The van der Waals surface area contributed by atoms with Crippen LogP contribution in [0.25, 0.3) is 0 Å². The minimum Gasteiger partial charge on any atom is -0.372 e. The molecule has 0 radical (unpaired) electrons. The first-order chi connectivity index (χ1) is 8.79. The highest BCUT2D eigenvalue weighted by atomic mass is 16.5. The van der Waals surface area contributed by atoms with Crippen LogP contribution in [0, 0.1) is 6.92 Å². The third-order valence-corrected chi connectivity index (χ3v) is 2.87. The average Bonchev–Trinajstić information content (AvgIpc) is 2.41. The highest BCUT2D eigenvalue weighted by molar-refractivity contribution is 5.74. The van der Waals surface area contributed by atoms with Crippen molar-refractivity contribution in [2.24, 2.45) is 0 Å². The van der Waals surface area contributed by atoms with Crippen molar-refractivity contribution in [3.63, 3.8) is 0 Å². The van der Waals surface area contributed by atoms with Gasteiger partial charge >= 0.3 is 0 Å². The summed E-state index contributed by atoms with van der Waals surface area (Å²) in [6.07, 6.45) is 0.852. The van der Waals surface area contributed by atoms with E-state index in [0.717, 1.165) is 11.8 Å². The van der Waals surface area contributed by atoms with Crippen LogP contribution < -0.4 is 0 Å². The van der Waals surface area contributed by atoms with E-state index in [4.69, 9.17) is 4.74 Å². The smallest absolute Gasteiger partial charge is 0.150 e. The molecule has 2 heteroatoms. The number of benzene rings is 2. The standard InChI is InChI=1S/C16H16O2/c1-13-5-2-3-8-16(13)12-18-11-15-7-4-6-14(9-15)10-17/h2-10H,11-12H2,1H3. The van der Waals surface area contributed by atoms with E-state index in [1.54, 1.807) is 6.07 Å². The molecule has 92 valence electrons. The summed E-state index contributed by atoms with van der Waals surface area (Å²) in [6, 6.07) is 15.7. The molecule has 0 heterocycles. The lowest BCUT2D eigenvalue weighted by Gasteiger charge is -2.07. The number of hydrogen-bond acceptors (Lipinski definition) is 2. The van der Waals surface area contributed by atoms with Crippen LogP contribution in [-0.2, 0) is 18.0 Å². The summed E-state index contributed by atoms with van der Waals surface area (Å²) in [5.74, 6) is 0. The monoisotopic (exact) mass is 240 g/mol. The first kappa shape index (κ1) is 12.5. The summed E-state index contributed by atoms with van der Waals surface area (Å²) in [6.45, 7) is 3.19. The molecule has 0 spiro atoms. The van der Waals surface area contributed by atoms with Crippen LogP contribution in [0.1, 0.15) is 27.0 Å². The maximum atomic E-state index is 10.7. The predicted molar refractivity (Wildman–Crippen MR) is 71.5 cm³/mol. The van der Waals surface area contributed by atoms with E-state index in [2.05, 4.69) is 19.1 Å². The summed E-state index contributed by atoms with van der Waals surface area (Å²) in [4.78, 5) is 10.7. The molecule has 0 aliphatic rings. The number of aldehydes is 1. The summed E-state index contributed by atoms with van der Waals surface area (Å²) in [5.41, 5.74) is 4.14. The van der Waals surface area contributed by atoms with Gasteiger partial charge in [-0.1, -0.05) is 42.5 Å².